The van der Waals surface area contributed by atoms with E-state index in [1.54, 1.807) is 12.1 Å². The Bertz CT molecular complexity index is 526. The molecule has 1 aromatic carbocycles. The summed E-state index contributed by atoms with van der Waals surface area (Å²) in [6.45, 7) is 2.70. The molecule has 0 aromatic heterocycles. The van der Waals surface area contributed by atoms with Crippen LogP contribution in [-0.4, -0.2) is 46.0 Å². The van der Waals surface area contributed by atoms with Crippen molar-refractivity contribution in [2.24, 2.45) is 0 Å². The fourth-order valence-electron chi connectivity index (χ4n) is 2.58. The van der Waals surface area contributed by atoms with Crippen LogP contribution in [0.5, 0.6) is 17.2 Å². The minimum Gasteiger partial charge on any atom is -0.496 e. The van der Waals surface area contributed by atoms with E-state index in [0.717, 1.165) is 19.4 Å². The molecule has 122 valence electrons. The quantitative estimate of drug-likeness (QED) is 0.871. The Morgan fingerprint density at radius 2 is 1.82 bits per heavy atom. The molecule has 0 aliphatic carbocycles. The van der Waals surface area contributed by atoms with Gasteiger partial charge in [0, 0.05) is 18.7 Å². The average molecular weight is 309 g/mol. The lowest BCUT2D eigenvalue weighted by molar-refractivity contribution is 0.0710. The van der Waals surface area contributed by atoms with Crippen LogP contribution in [0.25, 0.3) is 0 Å². The summed E-state index contributed by atoms with van der Waals surface area (Å²) in [5, 5.41) is 2.96. The molecule has 1 amide bonds. The molecule has 6 heteroatoms. The van der Waals surface area contributed by atoms with Crippen LogP contribution in [0.3, 0.4) is 0 Å². The topological polar surface area (TPSA) is 66.0 Å². The molecule has 2 atom stereocenters. The van der Waals surface area contributed by atoms with Crippen molar-refractivity contribution in [3.8, 4) is 17.2 Å². The summed E-state index contributed by atoms with van der Waals surface area (Å²) in [5.74, 6) is 1.22. The molecule has 1 aromatic rings. The summed E-state index contributed by atoms with van der Waals surface area (Å²) in [4.78, 5) is 12.5. The van der Waals surface area contributed by atoms with Gasteiger partial charge in [-0.15, -0.1) is 0 Å². The number of benzene rings is 1. The lowest BCUT2D eigenvalue weighted by Crippen LogP contribution is -2.40. The zero-order chi connectivity index (χ0) is 16.1. The van der Waals surface area contributed by atoms with Crippen LogP contribution < -0.4 is 19.5 Å². The Kier molecular flexibility index (Phi) is 5.49. The standard InChI is InChI=1S/C16H23NO5/c1-10(12-6-5-7-22-12)17-16(18)11-8-14(20-3)15(21-4)9-13(11)19-2/h8-10,12H,5-7H2,1-4H3,(H,17,18)/t10-,12-/m1/s1. The molecule has 0 unspecified atom stereocenters. The fraction of sp³-hybridized carbons (Fsp3) is 0.562. The van der Waals surface area contributed by atoms with E-state index >= 15 is 0 Å². The van der Waals surface area contributed by atoms with Gasteiger partial charge in [0.05, 0.1) is 39.0 Å². The molecular weight excluding hydrogens is 286 g/mol. The lowest BCUT2D eigenvalue weighted by Gasteiger charge is -2.21. The predicted molar refractivity (Wildman–Crippen MR) is 82.0 cm³/mol. The summed E-state index contributed by atoms with van der Waals surface area (Å²) < 4.78 is 21.4. The zero-order valence-corrected chi connectivity index (χ0v) is 13.5. The van der Waals surface area contributed by atoms with Gasteiger partial charge in [-0.1, -0.05) is 0 Å². The first-order valence-corrected chi connectivity index (χ1v) is 7.33. The highest BCUT2D eigenvalue weighted by molar-refractivity contribution is 5.98. The minimum absolute atomic E-state index is 0.0622. The molecular formula is C16H23NO5. The van der Waals surface area contributed by atoms with Crippen molar-refractivity contribution >= 4 is 5.91 Å². The maximum absolute atomic E-state index is 12.5. The van der Waals surface area contributed by atoms with E-state index < -0.39 is 0 Å². The van der Waals surface area contributed by atoms with Gasteiger partial charge >= 0.3 is 0 Å². The number of rotatable bonds is 6. The lowest BCUT2D eigenvalue weighted by atomic mass is 10.1. The Labute approximate surface area is 130 Å². The van der Waals surface area contributed by atoms with Crippen molar-refractivity contribution in [2.45, 2.75) is 31.9 Å². The predicted octanol–water partition coefficient (Wildman–Crippen LogP) is 2.01. The molecule has 0 saturated carbocycles. The van der Waals surface area contributed by atoms with E-state index in [1.807, 2.05) is 6.92 Å². The maximum Gasteiger partial charge on any atom is 0.255 e. The zero-order valence-electron chi connectivity index (χ0n) is 13.5. The van der Waals surface area contributed by atoms with Crippen LogP contribution in [0, 0.1) is 0 Å². The maximum atomic E-state index is 12.5. The minimum atomic E-state index is -0.221. The van der Waals surface area contributed by atoms with Gasteiger partial charge in [0.25, 0.3) is 5.91 Å². The number of carbonyl (C=O) groups excluding carboxylic acids is 1. The van der Waals surface area contributed by atoms with E-state index in [1.165, 1.54) is 21.3 Å². The molecule has 6 nitrogen and oxygen atoms in total. The van der Waals surface area contributed by atoms with Crippen LogP contribution in [0.1, 0.15) is 30.1 Å². The summed E-state index contributed by atoms with van der Waals surface area (Å²) in [6.07, 6.45) is 2.06. The highest BCUT2D eigenvalue weighted by Gasteiger charge is 2.25. The van der Waals surface area contributed by atoms with Gasteiger partial charge in [0.15, 0.2) is 11.5 Å². The summed E-state index contributed by atoms with van der Waals surface area (Å²) >= 11 is 0. The number of amides is 1. The third kappa shape index (κ3) is 3.44. The molecule has 22 heavy (non-hydrogen) atoms. The molecule has 1 heterocycles. The summed E-state index contributed by atoms with van der Waals surface area (Å²) in [5.41, 5.74) is 0.407. The highest BCUT2D eigenvalue weighted by atomic mass is 16.5. The van der Waals surface area contributed by atoms with E-state index in [0.29, 0.717) is 22.8 Å². The van der Waals surface area contributed by atoms with Gasteiger partial charge in [-0.05, 0) is 19.8 Å². The molecule has 2 rings (SSSR count). The van der Waals surface area contributed by atoms with Crippen LogP contribution in [0.4, 0.5) is 0 Å². The van der Waals surface area contributed by atoms with Gasteiger partial charge in [-0.3, -0.25) is 4.79 Å². The molecule has 1 saturated heterocycles. The number of ether oxygens (including phenoxy) is 4. The van der Waals surface area contributed by atoms with Crippen molar-refractivity contribution in [1.82, 2.24) is 5.32 Å². The van der Waals surface area contributed by atoms with Gasteiger partial charge < -0.3 is 24.3 Å². The number of hydrogen-bond acceptors (Lipinski definition) is 5. The number of nitrogens with one attached hydrogen (secondary N) is 1. The van der Waals surface area contributed by atoms with Crippen LogP contribution in [0.15, 0.2) is 12.1 Å². The summed E-state index contributed by atoms with van der Waals surface area (Å²) in [6, 6.07) is 3.20. The van der Waals surface area contributed by atoms with Crippen LogP contribution in [0.2, 0.25) is 0 Å². The van der Waals surface area contributed by atoms with Gasteiger partial charge in [-0.25, -0.2) is 0 Å². The number of methoxy groups -OCH3 is 3. The van der Waals surface area contributed by atoms with Gasteiger partial charge in [0.1, 0.15) is 5.75 Å². The monoisotopic (exact) mass is 309 g/mol. The smallest absolute Gasteiger partial charge is 0.255 e. The molecule has 1 fully saturated rings. The number of hydrogen-bond donors (Lipinski definition) is 1. The first-order chi connectivity index (χ1) is 10.6. The van der Waals surface area contributed by atoms with E-state index in [2.05, 4.69) is 5.32 Å². The van der Waals surface area contributed by atoms with Crippen molar-refractivity contribution < 1.29 is 23.7 Å². The largest absolute Gasteiger partial charge is 0.496 e. The van der Waals surface area contributed by atoms with Crippen LogP contribution in [-0.2, 0) is 4.74 Å². The normalized spacial score (nSPS) is 18.6. The molecule has 1 aliphatic heterocycles. The molecule has 0 spiro atoms. The third-order valence-corrected chi connectivity index (χ3v) is 3.83. The first kappa shape index (κ1) is 16.4. The van der Waals surface area contributed by atoms with E-state index in [-0.39, 0.29) is 18.1 Å². The molecule has 0 bridgehead atoms. The van der Waals surface area contributed by atoms with Crippen LogP contribution >= 0.6 is 0 Å². The Morgan fingerprint density at radius 3 is 2.36 bits per heavy atom. The van der Waals surface area contributed by atoms with Crippen molar-refractivity contribution in [1.29, 1.82) is 0 Å². The average Bonchev–Trinajstić information content (AvgIpc) is 3.07. The Balaban J connectivity index is 2.20. The third-order valence-electron chi connectivity index (χ3n) is 3.83. The van der Waals surface area contributed by atoms with Crippen molar-refractivity contribution in [3.63, 3.8) is 0 Å². The second-order valence-electron chi connectivity index (χ2n) is 5.22. The fourth-order valence-corrected chi connectivity index (χ4v) is 2.58. The first-order valence-electron chi connectivity index (χ1n) is 7.33. The van der Waals surface area contributed by atoms with E-state index in [4.69, 9.17) is 18.9 Å². The molecule has 1 aliphatic rings. The summed E-state index contributed by atoms with van der Waals surface area (Å²) in [7, 11) is 4.58. The Morgan fingerprint density at radius 1 is 1.18 bits per heavy atom. The SMILES string of the molecule is COc1cc(OC)c(C(=O)N[C@H](C)[C@H]2CCCO2)cc1OC. The Hall–Kier alpha value is -1.95. The second kappa shape index (κ2) is 7.35. The molecule has 0 radical (unpaired) electrons. The highest BCUT2D eigenvalue weighted by Crippen LogP contribution is 2.34. The second-order valence-corrected chi connectivity index (χ2v) is 5.22. The molecule has 1 N–H and O–H groups in total. The van der Waals surface area contributed by atoms with Crippen molar-refractivity contribution in [2.75, 3.05) is 27.9 Å². The van der Waals surface area contributed by atoms with Crippen molar-refractivity contribution in [3.05, 3.63) is 17.7 Å². The van der Waals surface area contributed by atoms with Gasteiger partial charge in [0.2, 0.25) is 0 Å². The van der Waals surface area contributed by atoms with Gasteiger partial charge in [-0.2, -0.15) is 0 Å². The number of carbonyl (C=O) groups is 1. The van der Waals surface area contributed by atoms with E-state index in [9.17, 15) is 4.79 Å².